The number of hydrogen-bond donors (Lipinski definition) is 0. The Morgan fingerprint density at radius 1 is 0.808 bits per heavy atom. The average Bonchev–Trinajstić information content (AvgIpc) is 2.42. The minimum atomic E-state index is -5.69. The summed E-state index contributed by atoms with van der Waals surface area (Å²) >= 11 is -3.36. The molecule has 0 N–H and O–H groups in total. The number of aryl methyl sites for hydroxylation is 5. The molecule has 0 spiro atoms. The molecule has 3 nitrogen and oxygen atoms in total. The zero-order valence-electron chi connectivity index (χ0n) is 15.0. The third-order valence-corrected chi connectivity index (χ3v) is 11.4. The SMILES string of the molecule is Cc1cc(C)cc(I(OS(=O)(=O)C(F)(F)F)c2c(C)cc(C)cc2C)c1. The van der Waals surface area contributed by atoms with Crippen LogP contribution >= 0.6 is 20.2 Å². The van der Waals surface area contributed by atoms with E-state index in [1.54, 1.807) is 26.0 Å². The second kappa shape index (κ2) is 7.47. The van der Waals surface area contributed by atoms with E-state index in [0.717, 1.165) is 27.8 Å². The normalized spacial score (nSPS) is 13.0. The van der Waals surface area contributed by atoms with Crippen LogP contribution < -0.4 is 0 Å². The van der Waals surface area contributed by atoms with Crippen LogP contribution in [-0.2, 0) is 12.6 Å². The number of alkyl halides is 3. The van der Waals surface area contributed by atoms with E-state index in [-0.39, 0.29) is 0 Å². The molecule has 26 heavy (non-hydrogen) atoms. The van der Waals surface area contributed by atoms with Crippen LogP contribution in [0, 0.1) is 41.8 Å². The van der Waals surface area contributed by atoms with Crippen LogP contribution in [0.1, 0.15) is 27.8 Å². The number of hydrogen-bond acceptors (Lipinski definition) is 3. The molecule has 2 aromatic carbocycles. The predicted molar refractivity (Wildman–Crippen MR) is 104 cm³/mol. The first-order chi connectivity index (χ1) is 11.8. The molecule has 0 saturated heterocycles. The minimum absolute atomic E-state index is 0.523. The van der Waals surface area contributed by atoms with Gasteiger partial charge in [0.25, 0.3) is 0 Å². The Labute approximate surface area is 159 Å². The van der Waals surface area contributed by atoms with Gasteiger partial charge in [-0.3, -0.25) is 0 Å². The van der Waals surface area contributed by atoms with Gasteiger partial charge in [0.2, 0.25) is 0 Å². The summed E-state index contributed by atoms with van der Waals surface area (Å²) < 4.78 is 68.4. The molecule has 0 aliphatic carbocycles. The van der Waals surface area contributed by atoms with Crippen molar-refractivity contribution in [1.29, 1.82) is 0 Å². The van der Waals surface area contributed by atoms with Gasteiger partial charge in [-0.15, -0.1) is 0 Å². The summed E-state index contributed by atoms with van der Waals surface area (Å²) in [4.78, 5) is 0. The van der Waals surface area contributed by atoms with E-state index in [4.69, 9.17) is 2.51 Å². The Bertz CT molecular complexity index is 894. The summed E-state index contributed by atoms with van der Waals surface area (Å²) in [5, 5.41) is 0. The van der Waals surface area contributed by atoms with Gasteiger partial charge >= 0.3 is 160 Å². The number of benzene rings is 2. The van der Waals surface area contributed by atoms with E-state index in [9.17, 15) is 21.6 Å². The van der Waals surface area contributed by atoms with E-state index in [1.165, 1.54) is 0 Å². The third-order valence-electron chi connectivity index (χ3n) is 3.57. The summed E-state index contributed by atoms with van der Waals surface area (Å²) in [7, 11) is -5.69. The maximum atomic E-state index is 13.0. The van der Waals surface area contributed by atoms with Gasteiger partial charge in [-0.25, -0.2) is 0 Å². The Morgan fingerprint density at radius 2 is 1.23 bits per heavy atom. The van der Waals surface area contributed by atoms with Crippen molar-refractivity contribution < 1.29 is 24.1 Å². The van der Waals surface area contributed by atoms with Gasteiger partial charge in [-0.1, -0.05) is 0 Å². The van der Waals surface area contributed by atoms with Gasteiger partial charge in [0.05, 0.1) is 0 Å². The average molecular weight is 500 g/mol. The van der Waals surface area contributed by atoms with Gasteiger partial charge in [0.1, 0.15) is 0 Å². The predicted octanol–water partition coefficient (Wildman–Crippen LogP) is 5.56. The van der Waals surface area contributed by atoms with Crippen LogP contribution in [0.5, 0.6) is 0 Å². The van der Waals surface area contributed by atoms with Crippen molar-refractivity contribution in [2.24, 2.45) is 0 Å². The Hall–Kier alpha value is -1.13. The molecule has 0 atom stereocenters. The summed E-state index contributed by atoms with van der Waals surface area (Å²) in [6, 6.07) is 8.97. The van der Waals surface area contributed by atoms with Crippen molar-refractivity contribution in [1.82, 2.24) is 0 Å². The molecule has 0 aromatic heterocycles. The van der Waals surface area contributed by atoms with E-state index >= 15 is 0 Å². The van der Waals surface area contributed by atoms with Crippen LogP contribution in [0.25, 0.3) is 0 Å². The van der Waals surface area contributed by atoms with Gasteiger partial charge < -0.3 is 0 Å². The first-order valence-corrected chi connectivity index (χ1v) is 12.1. The molecule has 0 bridgehead atoms. The molecule has 0 saturated carbocycles. The van der Waals surface area contributed by atoms with E-state index in [2.05, 4.69) is 0 Å². The van der Waals surface area contributed by atoms with Crippen molar-refractivity contribution in [2.75, 3.05) is 0 Å². The number of halogens is 4. The molecule has 0 aliphatic heterocycles. The summed E-state index contributed by atoms with van der Waals surface area (Å²) in [6.45, 7) is 9.06. The molecule has 2 aromatic rings. The van der Waals surface area contributed by atoms with E-state index in [1.807, 2.05) is 39.0 Å². The monoisotopic (exact) mass is 500 g/mol. The van der Waals surface area contributed by atoms with Crippen molar-refractivity contribution in [3.8, 4) is 0 Å². The topological polar surface area (TPSA) is 43.4 Å². The van der Waals surface area contributed by atoms with Crippen LogP contribution in [0.4, 0.5) is 13.2 Å². The summed E-state index contributed by atoms with van der Waals surface area (Å²) in [5.41, 5.74) is -1.32. The first-order valence-electron chi connectivity index (χ1n) is 7.69. The summed E-state index contributed by atoms with van der Waals surface area (Å²) in [6.07, 6.45) is 0. The fraction of sp³-hybridized carbons (Fsp3) is 0.333. The molecule has 0 fully saturated rings. The first kappa shape index (κ1) is 21.2. The molecular formula is C18H20F3IO3S. The fourth-order valence-electron chi connectivity index (χ4n) is 2.75. The van der Waals surface area contributed by atoms with E-state index in [0.29, 0.717) is 7.14 Å². The Balaban J connectivity index is 2.71. The molecule has 0 radical (unpaired) electrons. The summed E-state index contributed by atoms with van der Waals surface area (Å²) in [5.74, 6) is 0. The zero-order chi connectivity index (χ0) is 19.9. The van der Waals surface area contributed by atoms with Gasteiger partial charge in [0.15, 0.2) is 0 Å². The van der Waals surface area contributed by atoms with Crippen LogP contribution in [0.15, 0.2) is 30.3 Å². The van der Waals surface area contributed by atoms with Crippen LogP contribution in [-0.4, -0.2) is 13.9 Å². The maximum absolute atomic E-state index is 13.0. The van der Waals surface area contributed by atoms with Crippen molar-refractivity contribution in [3.05, 3.63) is 65.3 Å². The second-order valence-electron chi connectivity index (χ2n) is 6.23. The molecule has 8 heteroatoms. The standard InChI is InChI=1S/C18H20F3IO3S/c1-11-6-12(2)10-16(9-11)22(25-26(23,24)18(19,20)21)17-14(4)7-13(3)8-15(17)5/h6-10H,1-5H3. The Morgan fingerprint density at radius 3 is 1.65 bits per heavy atom. The van der Waals surface area contributed by atoms with Crippen molar-refractivity contribution in [3.63, 3.8) is 0 Å². The van der Waals surface area contributed by atoms with Gasteiger partial charge in [-0.05, 0) is 0 Å². The molecule has 0 amide bonds. The van der Waals surface area contributed by atoms with Crippen molar-refractivity contribution >= 4 is 30.4 Å². The molecule has 2 rings (SSSR count). The van der Waals surface area contributed by atoms with Crippen molar-refractivity contribution in [2.45, 2.75) is 40.1 Å². The number of rotatable bonds is 4. The Kier molecular flexibility index (Phi) is 6.09. The molecular weight excluding hydrogens is 480 g/mol. The molecule has 144 valence electrons. The van der Waals surface area contributed by atoms with Gasteiger partial charge in [-0.2, -0.15) is 0 Å². The molecule has 0 unspecified atom stereocenters. The zero-order valence-corrected chi connectivity index (χ0v) is 18.0. The van der Waals surface area contributed by atoms with Crippen LogP contribution in [0.3, 0.4) is 0 Å². The fourth-order valence-corrected chi connectivity index (χ4v) is 10.3. The molecule has 0 aliphatic rings. The quantitative estimate of drug-likeness (QED) is 0.408. The van der Waals surface area contributed by atoms with Crippen LogP contribution in [0.2, 0.25) is 0 Å². The molecule has 0 heterocycles. The van der Waals surface area contributed by atoms with Gasteiger partial charge in [0, 0.05) is 0 Å². The van der Waals surface area contributed by atoms with E-state index < -0.39 is 35.9 Å². The second-order valence-corrected chi connectivity index (χ2v) is 12.6. The third kappa shape index (κ3) is 4.58.